The number of aryl methyl sites for hydroxylation is 2. The number of nitrogens with zero attached hydrogens (tertiary/aromatic N) is 4. The minimum absolute atomic E-state index is 0.484. The summed E-state index contributed by atoms with van der Waals surface area (Å²) in [5, 5.41) is 10.3. The number of rotatable bonds is 5. The van der Waals surface area contributed by atoms with Crippen molar-refractivity contribution in [1.29, 1.82) is 0 Å². The van der Waals surface area contributed by atoms with Gasteiger partial charge in [0.05, 0.1) is 11.6 Å². The average Bonchev–Trinajstić information content (AvgIpc) is 2.90. The van der Waals surface area contributed by atoms with Crippen molar-refractivity contribution in [1.82, 2.24) is 19.6 Å². The van der Waals surface area contributed by atoms with Gasteiger partial charge in [-0.2, -0.15) is 0 Å². The molecule has 0 atom stereocenters. The normalized spacial score (nSPS) is 11.1. The van der Waals surface area contributed by atoms with Crippen LogP contribution in [0, 0.1) is 13.8 Å². The van der Waals surface area contributed by atoms with Gasteiger partial charge < -0.3 is 4.74 Å². The van der Waals surface area contributed by atoms with Crippen LogP contribution in [0.3, 0.4) is 0 Å². The third-order valence-corrected chi connectivity index (χ3v) is 4.56. The van der Waals surface area contributed by atoms with Gasteiger partial charge in [0.25, 0.3) is 0 Å². The van der Waals surface area contributed by atoms with Gasteiger partial charge in [-0.15, -0.1) is 10.2 Å². The van der Waals surface area contributed by atoms with Gasteiger partial charge in [0.1, 0.15) is 11.6 Å². The molecule has 3 aromatic rings. The Bertz CT molecular complexity index is 853. The van der Waals surface area contributed by atoms with Crippen molar-refractivity contribution >= 4 is 40.6 Å². The summed E-state index contributed by atoms with van der Waals surface area (Å²) < 4.78 is 7.60. The summed E-state index contributed by atoms with van der Waals surface area (Å²) in [4.78, 5) is 4.44. The standard InChI is InChI=1S/C15H14Cl2N4OS/c1-9-7-14-19-20-15(21(14)10(2)18-9)23-6-5-22-13-8-11(16)3-4-12(13)17/h3-4,7-8H,5-6H2,1-2H3. The fraction of sp³-hybridized carbons (Fsp3) is 0.267. The van der Waals surface area contributed by atoms with E-state index in [1.54, 1.807) is 30.0 Å². The van der Waals surface area contributed by atoms with Gasteiger partial charge in [-0.05, 0) is 26.0 Å². The molecule has 120 valence electrons. The molecule has 0 aliphatic heterocycles. The maximum absolute atomic E-state index is 6.06. The molecule has 0 aliphatic carbocycles. The Kier molecular flexibility index (Phi) is 4.94. The van der Waals surface area contributed by atoms with Crippen LogP contribution in [0.25, 0.3) is 5.65 Å². The molecule has 23 heavy (non-hydrogen) atoms. The number of hydrogen-bond acceptors (Lipinski definition) is 5. The zero-order valence-corrected chi connectivity index (χ0v) is 14.9. The molecule has 0 saturated carbocycles. The van der Waals surface area contributed by atoms with Crippen molar-refractivity contribution in [3.05, 3.63) is 45.8 Å². The minimum atomic E-state index is 0.484. The summed E-state index contributed by atoms with van der Waals surface area (Å²) in [5.41, 5.74) is 1.73. The SMILES string of the molecule is Cc1cc2nnc(SCCOc3cc(Cl)ccc3Cl)n2c(C)n1. The molecule has 0 radical (unpaired) electrons. The van der Waals surface area contributed by atoms with Crippen LogP contribution >= 0.6 is 35.0 Å². The van der Waals surface area contributed by atoms with Gasteiger partial charge >= 0.3 is 0 Å². The van der Waals surface area contributed by atoms with Crippen LogP contribution in [0.5, 0.6) is 5.75 Å². The molecule has 0 aliphatic rings. The maximum Gasteiger partial charge on any atom is 0.197 e. The predicted octanol–water partition coefficient (Wildman–Crippen LogP) is 4.22. The first-order chi connectivity index (χ1) is 11.0. The monoisotopic (exact) mass is 368 g/mol. The van der Waals surface area contributed by atoms with E-state index >= 15 is 0 Å². The number of fused-ring (bicyclic) bond motifs is 1. The first kappa shape index (κ1) is 16.4. The second-order valence-electron chi connectivity index (χ2n) is 4.89. The molecule has 8 heteroatoms. The lowest BCUT2D eigenvalue weighted by Crippen LogP contribution is -2.03. The average molecular weight is 369 g/mol. The van der Waals surface area contributed by atoms with Crippen LogP contribution in [-0.4, -0.2) is 31.9 Å². The molecule has 1 aromatic carbocycles. The van der Waals surface area contributed by atoms with Crippen LogP contribution in [0.4, 0.5) is 0 Å². The molecule has 3 rings (SSSR count). The zero-order valence-electron chi connectivity index (χ0n) is 12.6. The van der Waals surface area contributed by atoms with Gasteiger partial charge in [0.2, 0.25) is 0 Å². The number of hydrogen-bond donors (Lipinski definition) is 0. The second kappa shape index (κ2) is 6.95. The molecule has 0 fully saturated rings. The highest BCUT2D eigenvalue weighted by Gasteiger charge is 2.10. The molecule has 0 unspecified atom stereocenters. The smallest absolute Gasteiger partial charge is 0.197 e. The summed E-state index contributed by atoms with van der Waals surface area (Å²) in [6, 6.07) is 7.06. The van der Waals surface area contributed by atoms with Crippen molar-refractivity contribution in [3.8, 4) is 5.75 Å². The van der Waals surface area contributed by atoms with Crippen molar-refractivity contribution in [3.63, 3.8) is 0 Å². The minimum Gasteiger partial charge on any atom is -0.491 e. The second-order valence-corrected chi connectivity index (χ2v) is 6.80. The number of ether oxygens (including phenoxy) is 1. The molecule has 0 amide bonds. The van der Waals surface area contributed by atoms with E-state index < -0.39 is 0 Å². The van der Waals surface area contributed by atoms with Gasteiger partial charge in [-0.3, -0.25) is 4.40 Å². The van der Waals surface area contributed by atoms with Crippen molar-refractivity contribution < 1.29 is 4.74 Å². The Balaban J connectivity index is 1.64. The van der Waals surface area contributed by atoms with Crippen molar-refractivity contribution in [2.24, 2.45) is 0 Å². The predicted molar refractivity (Wildman–Crippen MR) is 92.9 cm³/mol. The van der Waals surface area contributed by atoms with E-state index in [9.17, 15) is 0 Å². The van der Waals surface area contributed by atoms with E-state index in [0.717, 1.165) is 22.3 Å². The summed E-state index contributed by atoms with van der Waals surface area (Å²) in [7, 11) is 0. The fourth-order valence-corrected chi connectivity index (χ4v) is 3.31. The quantitative estimate of drug-likeness (QED) is 0.498. The largest absolute Gasteiger partial charge is 0.491 e. The molecule has 0 N–H and O–H groups in total. The van der Waals surface area contributed by atoms with Crippen LogP contribution < -0.4 is 4.74 Å². The van der Waals surface area contributed by atoms with Crippen LogP contribution in [-0.2, 0) is 0 Å². The first-order valence-corrected chi connectivity index (χ1v) is 8.69. The summed E-state index contributed by atoms with van der Waals surface area (Å²) in [6.45, 7) is 4.37. The number of aromatic nitrogens is 4. The molecule has 2 aromatic heterocycles. The third-order valence-electron chi connectivity index (χ3n) is 3.12. The molecular weight excluding hydrogens is 355 g/mol. The van der Waals surface area contributed by atoms with Gasteiger partial charge in [-0.25, -0.2) is 4.98 Å². The third kappa shape index (κ3) is 3.71. The summed E-state index contributed by atoms with van der Waals surface area (Å²) in [5.74, 6) is 2.15. The maximum atomic E-state index is 6.06. The highest BCUT2D eigenvalue weighted by atomic mass is 35.5. The van der Waals surface area contributed by atoms with Crippen LogP contribution in [0.15, 0.2) is 29.4 Å². The lowest BCUT2D eigenvalue weighted by Gasteiger charge is -2.08. The van der Waals surface area contributed by atoms with Crippen molar-refractivity contribution in [2.45, 2.75) is 19.0 Å². The molecule has 2 heterocycles. The molecular formula is C15H14Cl2N4OS. The Morgan fingerprint density at radius 3 is 2.83 bits per heavy atom. The van der Waals surface area contributed by atoms with Crippen molar-refractivity contribution in [2.75, 3.05) is 12.4 Å². The molecule has 0 saturated heterocycles. The van der Waals surface area contributed by atoms with E-state index in [-0.39, 0.29) is 0 Å². The highest BCUT2D eigenvalue weighted by molar-refractivity contribution is 7.99. The van der Waals surface area contributed by atoms with E-state index in [2.05, 4.69) is 15.2 Å². The van der Waals surface area contributed by atoms with E-state index in [1.807, 2.05) is 24.3 Å². The Morgan fingerprint density at radius 1 is 1.17 bits per heavy atom. The zero-order chi connectivity index (χ0) is 16.4. The Labute approximate surface area is 148 Å². The van der Waals surface area contributed by atoms with Gasteiger partial charge in [-0.1, -0.05) is 35.0 Å². The molecule has 0 spiro atoms. The molecule has 5 nitrogen and oxygen atoms in total. The van der Waals surface area contributed by atoms with Crippen LogP contribution in [0.1, 0.15) is 11.5 Å². The first-order valence-electron chi connectivity index (χ1n) is 6.94. The highest BCUT2D eigenvalue weighted by Crippen LogP contribution is 2.28. The van der Waals surface area contributed by atoms with E-state index in [1.165, 1.54) is 0 Å². The lowest BCUT2D eigenvalue weighted by atomic mass is 10.3. The Morgan fingerprint density at radius 2 is 2.00 bits per heavy atom. The summed E-state index contributed by atoms with van der Waals surface area (Å²) in [6.07, 6.45) is 0. The van der Waals surface area contributed by atoms with Gasteiger partial charge in [0, 0.05) is 28.6 Å². The van der Waals surface area contributed by atoms with E-state index in [4.69, 9.17) is 27.9 Å². The Hall–Kier alpha value is -1.50. The fourth-order valence-electron chi connectivity index (χ4n) is 2.17. The molecule has 0 bridgehead atoms. The summed E-state index contributed by atoms with van der Waals surface area (Å²) >= 11 is 13.6. The lowest BCUT2D eigenvalue weighted by molar-refractivity contribution is 0.344. The number of benzene rings is 1. The van der Waals surface area contributed by atoms with E-state index in [0.29, 0.717) is 28.2 Å². The topological polar surface area (TPSA) is 52.3 Å². The number of thioether (sulfide) groups is 1. The van der Waals surface area contributed by atoms with Gasteiger partial charge in [0.15, 0.2) is 10.8 Å². The van der Waals surface area contributed by atoms with Crippen LogP contribution in [0.2, 0.25) is 10.0 Å². The number of halogens is 2.